The SMILES string of the molecule is CC1(C)CCc2ccc(/C(=N/OC3=CC(=O)CC3)n3cncn3)cc2O1. The van der Waals surface area contributed by atoms with Crippen molar-refractivity contribution in [2.45, 2.75) is 45.1 Å². The number of allylic oxidation sites excluding steroid dienone is 2. The van der Waals surface area contributed by atoms with E-state index in [-0.39, 0.29) is 11.4 Å². The molecule has 2 aromatic rings. The monoisotopic (exact) mass is 352 g/mol. The fourth-order valence-electron chi connectivity index (χ4n) is 3.07. The lowest BCUT2D eigenvalue weighted by Crippen LogP contribution is -2.32. The summed E-state index contributed by atoms with van der Waals surface area (Å²) >= 11 is 0. The minimum Gasteiger partial charge on any atom is -0.488 e. The summed E-state index contributed by atoms with van der Waals surface area (Å²) in [6, 6.07) is 5.97. The van der Waals surface area contributed by atoms with Crippen LogP contribution in [0.1, 0.15) is 44.2 Å². The van der Waals surface area contributed by atoms with E-state index in [0.29, 0.717) is 24.4 Å². The van der Waals surface area contributed by atoms with Crippen molar-refractivity contribution in [3.63, 3.8) is 0 Å². The quantitative estimate of drug-likeness (QED) is 0.482. The van der Waals surface area contributed by atoms with E-state index in [9.17, 15) is 4.79 Å². The number of fused-ring (bicyclic) bond motifs is 1. The maximum atomic E-state index is 11.4. The van der Waals surface area contributed by atoms with E-state index in [1.54, 1.807) is 6.33 Å². The van der Waals surface area contributed by atoms with Gasteiger partial charge in [-0.2, -0.15) is 9.78 Å². The van der Waals surface area contributed by atoms with Crippen LogP contribution in [0.3, 0.4) is 0 Å². The largest absolute Gasteiger partial charge is 0.488 e. The number of hydrogen-bond donors (Lipinski definition) is 0. The fourth-order valence-corrected chi connectivity index (χ4v) is 3.07. The van der Waals surface area contributed by atoms with Crippen molar-refractivity contribution in [3.8, 4) is 5.75 Å². The Kier molecular flexibility index (Phi) is 4.06. The fraction of sp³-hybridized carbons (Fsp3) is 0.368. The molecule has 0 amide bonds. The Labute approximate surface area is 151 Å². The van der Waals surface area contributed by atoms with Crippen molar-refractivity contribution in [2.24, 2.45) is 5.16 Å². The van der Waals surface area contributed by atoms with E-state index < -0.39 is 0 Å². The van der Waals surface area contributed by atoms with Crippen LogP contribution in [-0.4, -0.2) is 32.0 Å². The zero-order valence-corrected chi connectivity index (χ0v) is 14.8. The minimum absolute atomic E-state index is 0.0573. The molecule has 2 aliphatic rings. The number of aromatic nitrogens is 3. The van der Waals surface area contributed by atoms with E-state index in [1.165, 1.54) is 22.6 Å². The van der Waals surface area contributed by atoms with Crippen molar-refractivity contribution < 1.29 is 14.4 Å². The first-order valence-corrected chi connectivity index (χ1v) is 8.66. The van der Waals surface area contributed by atoms with Crippen molar-refractivity contribution in [1.82, 2.24) is 14.8 Å². The molecule has 1 aliphatic carbocycles. The molecule has 0 saturated heterocycles. The minimum atomic E-state index is -0.193. The smallest absolute Gasteiger partial charge is 0.202 e. The maximum Gasteiger partial charge on any atom is 0.202 e. The lowest BCUT2D eigenvalue weighted by Gasteiger charge is -2.32. The first-order valence-electron chi connectivity index (χ1n) is 8.66. The number of ketones is 1. The van der Waals surface area contributed by atoms with E-state index in [1.807, 2.05) is 18.2 Å². The van der Waals surface area contributed by atoms with Gasteiger partial charge in [-0.3, -0.25) is 4.79 Å². The van der Waals surface area contributed by atoms with Crippen LogP contribution in [0.25, 0.3) is 0 Å². The Morgan fingerprint density at radius 1 is 1.31 bits per heavy atom. The third-order valence-corrected chi connectivity index (χ3v) is 4.53. The number of carbonyl (C=O) groups is 1. The molecule has 0 spiro atoms. The molecule has 0 unspecified atom stereocenters. The highest BCUT2D eigenvalue weighted by molar-refractivity contribution is 6.00. The van der Waals surface area contributed by atoms with Crippen molar-refractivity contribution in [3.05, 3.63) is 53.8 Å². The number of nitrogens with zero attached hydrogens (tertiary/aromatic N) is 4. The molecule has 2 heterocycles. The molecule has 7 nitrogen and oxygen atoms in total. The summed E-state index contributed by atoms with van der Waals surface area (Å²) in [5, 5.41) is 8.40. The normalized spacial score (nSPS) is 18.9. The van der Waals surface area contributed by atoms with Crippen LogP contribution in [0.15, 0.2) is 47.8 Å². The highest BCUT2D eigenvalue weighted by Gasteiger charge is 2.27. The molecule has 0 radical (unpaired) electrons. The van der Waals surface area contributed by atoms with Gasteiger partial charge in [0.1, 0.15) is 29.8 Å². The molecule has 0 N–H and O–H groups in total. The van der Waals surface area contributed by atoms with Gasteiger partial charge in [0.05, 0.1) is 0 Å². The maximum absolute atomic E-state index is 11.4. The summed E-state index contributed by atoms with van der Waals surface area (Å²) in [5.74, 6) is 1.95. The van der Waals surface area contributed by atoms with Crippen molar-refractivity contribution >= 4 is 11.6 Å². The second kappa shape index (κ2) is 6.40. The van der Waals surface area contributed by atoms with Crippen LogP contribution in [0.2, 0.25) is 0 Å². The predicted molar refractivity (Wildman–Crippen MR) is 94.8 cm³/mol. The van der Waals surface area contributed by atoms with Gasteiger partial charge in [-0.1, -0.05) is 17.3 Å². The van der Waals surface area contributed by atoms with Crippen LogP contribution >= 0.6 is 0 Å². The van der Waals surface area contributed by atoms with Gasteiger partial charge in [-0.25, -0.2) is 4.98 Å². The summed E-state index contributed by atoms with van der Waals surface area (Å²) in [5.41, 5.74) is 1.79. The second-order valence-electron chi connectivity index (χ2n) is 7.11. The van der Waals surface area contributed by atoms with Gasteiger partial charge in [0.25, 0.3) is 0 Å². The van der Waals surface area contributed by atoms with E-state index >= 15 is 0 Å². The Hall–Kier alpha value is -2.96. The summed E-state index contributed by atoms with van der Waals surface area (Å²) < 4.78 is 7.66. The first-order chi connectivity index (χ1) is 12.5. The van der Waals surface area contributed by atoms with E-state index in [2.05, 4.69) is 29.1 Å². The molecule has 1 aromatic heterocycles. The zero-order valence-electron chi connectivity index (χ0n) is 14.8. The number of ether oxygens (including phenoxy) is 1. The Morgan fingerprint density at radius 2 is 2.19 bits per heavy atom. The highest BCUT2D eigenvalue weighted by Crippen LogP contribution is 2.33. The third-order valence-electron chi connectivity index (χ3n) is 4.53. The Bertz CT molecular complexity index is 898. The van der Waals surface area contributed by atoms with Crippen molar-refractivity contribution in [2.75, 3.05) is 0 Å². The van der Waals surface area contributed by atoms with Crippen LogP contribution in [0.5, 0.6) is 5.75 Å². The molecule has 0 atom stereocenters. The molecule has 1 aliphatic heterocycles. The van der Waals surface area contributed by atoms with Gasteiger partial charge in [0, 0.05) is 24.5 Å². The third kappa shape index (κ3) is 3.37. The van der Waals surface area contributed by atoms with Crippen LogP contribution in [0.4, 0.5) is 0 Å². The lowest BCUT2D eigenvalue weighted by atomic mass is 9.93. The number of oxime groups is 1. The number of hydrogen-bond acceptors (Lipinski definition) is 6. The van der Waals surface area contributed by atoms with E-state index in [0.717, 1.165) is 24.2 Å². The van der Waals surface area contributed by atoms with Gasteiger partial charge in [-0.15, -0.1) is 0 Å². The second-order valence-corrected chi connectivity index (χ2v) is 7.11. The Balaban J connectivity index is 1.69. The zero-order chi connectivity index (χ0) is 18.1. The summed E-state index contributed by atoms with van der Waals surface area (Å²) in [6.45, 7) is 4.17. The molecule has 26 heavy (non-hydrogen) atoms. The Morgan fingerprint density at radius 3 is 2.92 bits per heavy atom. The van der Waals surface area contributed by atoms with Gasteiger partial charge < -0.3 is 9.57 Å². The van der Waals surface area contributed by atoms with Crippen LogP contribution < -0.4 is 4.74 Å². The molecule has 134 valence electrons. The van der Waals surface area contributed by atoms with Crippen molar-refractivity contribution in [1.29, 1.82) is 0 Å². The molecular formula is C19H20N4O3. The molecule has 1 aromatic carbocycles. The van der Waals surface area contributed by atoms with Gasteiger partial charge in [-0.05, 0) is 38.3 Å². The standard InChI is InChI=1S/C19H20N4O3/c1-19(2)8-7-13-3-4-14(9-17(13)25-19)18(23-12-20-11-21-23)22-26-16-6-5-15(24)10-16/h3-4,9-12H,5-8H2,1-2H3/b22-18-. The topological polar surface area (TPSA) is 78.6 Å². The number of rotatable bonds is 3. The van der Waals surface area contributed by atoms with Crippen LogP contribution in [-0.2, 0) is 16.1 Å². The predicted octanol–water partition coefficient (Wildman–Crippen LogP) is 2.86. The number of aryl methyl sites for hydroxylation is 1. The number of carbonyl (C=O) groups excluding carboxylic acids is 1. The van der Waals surface area contributed by atoms with Gasteiger partial charge in [0.15, 0.2) is 5.78 Å². The van der Waals surface area contributed by atoms with Gasteiger partial charge >= 0.3 is 0 Å². The highest BCUT2D eigenvalue weighted by atomic mass is 16.6. The number of benzene rings is 1. The average molecular weight is 352 g/mol. The molecule has 0 fully saturated rings. The lowest BCUT2D eigenvalue weighted by molar-refractivity contribution is -0.114. The summed E-state index contributed by atoms with van der Waals surface area (Å²) in [4.78, 5) is 20.9. The van der Waals surface area contributed by atoms with Crippen LogP contribution in [0, 0.1) is 0 Å². The molecule has 0 bridgehead atoms. The van der Waals surface area contributed by atoms with Gasteiger partial charge in [0.2, 0.25) is 5.84 Å². The molecule has 4 rings (SSSR count). The first kappa shape index (κ1) is 16.5. The molecule has 0 saturated carbocycles. The average Bonchev–Trinajstić information content (AvgIpc) is 3.26. The summed E-state index contributed by atoms with van der Waals surface area (Å²) in [7, 11) is 0. The molecule has 7 heteroatoms. The molecular weight excluding hydrogens is 332 g/mol. The summed E-state index contributed by atoms with van der Waals surface area (Å²) in [6.07, 6.45) is 7.46. The van der Waals surface area contributed by atoms with E-state index in [4.69, 9.17) is 9.57 Å².